The molecule has 0 aliphatic rings. The highest BCUT2D eigenvalue weighted by molar-refractivity contribution is 5.90. The average Bonchev–Trinajstić information content (AvgIpc) is 2.97. The molecule has 0 saturated heterocycles. The summed E-state index contributed by atoms with van der Waals surface area (Å²) in [5, 5.41) is 12.0. The maximum absolute atomic E-state index is 11.8. The fourth-order valence-electron chi connectivity index (χ4n) is 2.03. The third-order valence-electron chi connectivity index (χ3n) is 3.09. The van der Waals surface area contributed by atoms with E-state index in [1.165, 1.54) is 0 Å². The highest BCUT2D eigenvalue weighted by Crippen LogP contribution is 2.09. The molecule has 0 saturated carbocycles. The quantitative estimate of drug-likeness (QED) is 0.421. The normalized spacial score (nSPS) is 11.6. The van der Waals surface area contributed by atoms with E-state index in [2.05, 4.69) is 15.5 Å². The molecule has 0 N–H and O–H groups in total. The molecule has 1 aromatic heterocycles. The van der Waals surface area contributed by atoms with Crippen LogP contribution in [0.25, 0.3) is 11.0 Å². The monoisotopic (exact) mass is 294 g/mol. The van der Waals surface area contributed by atoms with E-state index in [-0.39, 0.29) is 0 Å². The van der Waals surface area contributed by atoms with Crippen LogP contribution in [0.1, 0.15) is 17.3 Å². The van der Waals surface area contributed by atoms with Crippen LogP contribution in [0.4, 0.5) is 0 Å². The molecule has 0 unspecified atom stereocenters. The van der Waals surface area contributed by atoms with E-state index < -0.39 is 5.97 Å². The van der Waals surface area contributed by atoms with Gasteiger partial charge in [0.15, 0.2) is 0 Å². The van der Waals surface area contributed by atoms with Gasteiger partial charge < -0.3 is 4.84 Å². The molecule has 0 radical (unpaired) electrons. The topological polar surface area (TPSA) is 69.4 Å². The van der Waals surface area contributed by atoms with Gasteiger partial charge in [0.25, 0.3) is 0 Å². The Morgan fingerprint density at radius 3 is 2.68 bits per heavy atom. The molecule has 22 heavy (non-hydrogen) atoms. The summed E-state index contributed by atoms with van der Waals surface area (Å²) in [6, 6.07) is 16.4. The number of carbonyl (C=O) groups is 1. The van der Waals surface area contributed by atoms with Crippen LogP contribution in [0.2, 0.25) is 0 Å². The first kappa shape index (κ1) is 13.9. The van der Waals surface area contributed by atoms with Crippen molar-refractivity contribution in [3.63, 3.8) is 0 Å². The smallest absolute Gasteiger partial charge is 0.313 e. The summed E-state index contributed by atoms with van der Waals surface area (Å²) in [6.45, 7) is 2.18. The predicted octanol–water partition coefficient (Wildman–Crippen LogP) is 2.66. The highest BCUT2D eigenvalue weighted by Gasteiger charge is 2.07. The van der Waals surface area contributed by atoms with Gasteiger partial charge in [0.2, 0.25) is 0 Å². The number of carbonyl (C=O) groups excluding carboxylic acids is 1. The summed E-state index contributed by atoms with van der Waals surface area (Å²) in [4.78, 5) is 16.7. The molecule has 0 amide bonds. The van der Waals surface area contributed by atoms with Crippen LogP contribution in [0.5, 0.6) is 0 Å². The Labute approximate surface area is 127 Å². The lowest BCUT2D eigenvalue weighted by molar-refractivity contribution is 0.0514. The summed E-state index contributed by atoms with van der Waals surface area (Å²) in [5.41, 5.74) is 2.81. The van der Waals surface area contributed by atoms with Crippen LogP contribution < -0.4 is 0 Å². The van der Waals surface area contributed by atoms with Crippen molar-refractivity contribution in [2.75, 3.05) is 0 Å². The second-order valence-corrected chi connectivity index (χ2v) is 4.81. The van der Waals surface area contributed by atoms with Gasteiger partial charge in [0.05, 0.1) is 23.3 Å². The Hall–Kier alpha value is -3.02. The zero-order valence-electron chi connectivity index (χ0n) is 12.0. The molecule has 0 fully saturated rings. The summed E-state index contributed by atoms with van der Waals surface area (Å²) < 4.78 is 1.71. The predicted molar refractivity (Wildman–Crippen MR) is 82.5 cm³/mol. The summed E-state index contributed by atoms with van der Waals surface area (Å²) >= 11 is 0. The number of aromatic nitrogens is 3. The molecule has 3 rings (SSSR count). The van der Waals surface area contributed by atoms with E-state index >= 15 is 0 Å². The highest BCUT2D eigenvalue weighted by atomic mass is 16.7. The number of rotatable bonds is 4. The van der Waals surface area contributed by atoms with E-state index in [0.29, 0.717) is 17.8 Å². The van der Waals surface area contributed by atoms with E-state index in [1.54, 1.807) is 35.9 Å². The van der Waals surface area contributed by atoms with Crippen molar-refractivity contribution in [2.24, 2.45) is 5.16 Å². The van der Waals surface area contributed by atoms with Gasteiger partial charge in [0, 0.05) is 0 Å². The lowest BCUT2D eigenvalue weighted by atomic mass is 10.2. The molecule has 0 atom stereocenters. The van der Waals surface area contributed by atoms with Gasteiger partial charge >= 0.3 is 5.97 Å². The largest absolute Gasteiger partial charge is 0.365 e. The van der Waals surface area contributed by atoms with Crippen LogP contribution in [0.3, 0.4) is 0 Å². The molecule has 6 heteroatoms. The Morgan fingerprint density at radius 2 is 1.86 bits per heavy atom. The minimum atomic E-state index is -0.483. The fraction of sp³-hybridized carbons (Fsp3) is 0.125. The summed E-state index contributed by atoms with van der Waals surface area (Å²) in [6.07, 6.45) is 0. The maximum Gasteiger partial charge on any atom is 0.365 e. The molecular formula is C16H14N4O2. The van der Waals surface area contributed by atoms with Crippen molar-refractivity contribution in [2.45, 2.75) is 13.5 Å². The van der Waals surface area contributed by atoms with Gasteiger partial charge in [-0.15, -0.1) is 5.10 Å². The summed E-state index contributed by atoms with van der Waals surface area (Å²) in [5.74, 6) is -0.483. The number of para-hydroxylation sites is 1. The number of hydrogen-bond donors (Lipinski definition) is 0. The third-order valence-corrected chi connectivity index (χ3v) is 3.09. The second kappa shape index (κ2) is 6.17. The molecule has 0 spiro atoms. The molecule has 3 aromatic rings. The first-order valence-electron chi connectivity index (χ1n) is 6.82. The molecule has 0 aliphatic heterocycles. The Morgan fingerprint density at radius 1 is 1.14 bits per heavy atom. The van der Waals surface area contributed by atoms with E-state index in [1.807, 2.05) is 30.3 Å². The molecule has 2 aromatic carbocycles. The number of hydrogen-bond acceptors (Lipinski definition) is 5. The number of fused-ring (bicyclic) bond motifs is 1. The van der Waals surface area contributed by atoms with Gasteiger partial charge in [-0.1, -0.05) is 40.7 Å². The van der Waals surface area contributed by atoms with Gasteiger partial charge in [-0.05, 0) is 31.2 Å². The first-order valence-corrected chi connectivity index (χ1v) is 6.82. The van der Waals surface area contributed by atoms with Crippen molar-refractivity contribution in [3.05, 3.63) is 60.2 Å². The molecule has 0 bridgehead atoms. The number of nitrogens with zero attached hydrogens (tertiary/aromatic N) is 4. The van der Waals surface area contributed by atoms with Gasteiger partial charge in [-0.25, -0.2) is 9.48 Å². The third kappa shape index (κ3) is 3.01. The van der Waals surface area contributed by atoms with E-state index in [4.69, 9.17) is 4.84 Å². The minimum absolute atomic E-state index is 0.405. The van der Waals surface area contributed by atoms with Gasteiger partial charge in [-0.2, -0.15) is 0 Å². The molecule has 1 heterocycles. The van der Waals surface area contributed by atoms with E-state index in [0.717, 1.165) is 11.0 Å². The maximum atomic E-state index is 11.8. The SMILES string of the molecule is C/C(Cn1nnc2ccccc21)=N/OC(=O)c1ccccc1. The number of benzene rings is 2. The Balaban J connectivity index is 1.69. The van der Waals surface area contributed by atoms with Crippen molar-refractivity contribution >= 4 is 22.7 Å². The van der Waals surface area contributed by atoms with Crippen LogP contribution in [-0.2, 0) is 11.4 Å². The van der Waals surface area contributed by atoms with Crippen LogP contribution in [0, 0.1) is 0 Å². The lowest BCUT2D eigenvalue weighted by Gasteiger charge is -2.02. The molecule has 0 aliphatic carbocycles. The Bertz CT molecular complexity index is 824. The number of oxime groups is 1. The Kier molecular flexibility index (Phi) is 3.91. The van der Waals surface area contributed by atoms with Crippen molar-refractivity contribution in [3.8, 4) is 0 Å². The van der Waals surface area contributed by atoms with Crippen molar-refractivity contribution in [1.82, 2.24) is 15.0 Å². The minimum Gasteiger partial charge on any atom is -0.313 e. The van der Waals surface area contributed by atoms with Crippen LogP contribution >= 0.6 is 0 Å². The second-order valence-electron chi connectivity index (χ2n) is 4.81. The average molecular weight is 294 g/mol. The van der Waals surface area contributed by atoms with Gasteiger partial charge in [0.1, 0.15) is 5.52 Å². The molecular weight excluding hydrogens is 280 g/mol. The van der Waals surface area contributed by atoms with Gasteiger partial charge in [-0.3, -0.25) is 0 Å². The molecule has 110 valence electrons. The van der Waals surface area contributed by atoms with Crippen LogP contribution in [0.15, 0.2) is 59.8 Å². The zero-order valence-corrected chi connectivity index (χ0v) is 12.0. The molecule has 6 nitrogen and oxygen atoms in total. The lowest BCUT2D eigenvalue weighted by Crippen LogP contribution is -2.10. The van der Waals surface area contributed by atoms with Crippen molar-refractivity contribution in [1.29, 1.82) is 0 Å². The zero-order chi connectivity index (χ0) is 15.4. The first-order chi connectivity index (χ1) is 10.7. The summed E-state index contributed by atoms with van der Waals surface area (Å²) in [7, 11) is 0. The van der Waals surface area contributed by atoms with Crippen molar-refractivity contribution < 1.29 is 9.63 Å². The van der Waals surface area contributed by atoms with E-state index in [9.17, 15) is 4.79 Å². The fourth-order valence-corrected chi connectivity index (χ4v) is 2.03. The standard InChI is InChI=1S/C16H14N4O2/c1-12(18-22-16(21)13-7-3-2-4-8-13)11-20-15-10-6-5-9-14(15)17-19-20/h2-10H,11H2,1H3/b18-12-. The van der Waals surface area contributed by atoms with Crippen LogP contribution in [-0.4, -0.2) is 26.7 Å².